The fourth-order valence-electron chi connectivity index (χ4n) is 6.77. The number of ether oxygens (including phenoxy) is 3. The van der Waals surface area contributed by atoms with Crippen molar-refractivity contribution in [2.45, 2.75) is 258 Å². The van der Waals surface area contributed by atoms with E-state index < -0.39 is 6.10 Å². The van der Waals surface area contributed by atoms with Crippen molar-refractivity contribution in [3.05, 3.63) is 24.3 Å². The molecule has 0 heterocycles. The van der Waals surface area contributed by atoms with Crippen molar-refractivity contribution in [2.24, 2.45) is 0 Å². The quantitative estimate of drug-likeness (QED) is 0.0266. The summed E-state index contributed by atoms with van der Waals surface area (Å²) in [5, 5.41) is 0. The largest absolute Gasteiger partial charge is 0.462 e. The van der Waals surface area contributed by atoms with E-state index in [9.17, 15) is 14.4 Å². The molecule has 0 unspecified atom stereocenters. The first-order chi connectivity index (χ1) is 27.0. The van der Waals surface area contributed by atoms with E-state index >= 15 is 0 Å². The fraction of sp³-hybridized carbons (Fsp3) is 0.857. The van der Waals surface area contributed by atoms with Crippen LogP contribution in [0, 0.1) is 0 Å². The molecule has 6 nitrogen and oxygen atoms in total. The molecule has 0 fully saturated rings. The number of unbranched alkanes of at least 4 members (excludes halogenated alkanes) is 28. The van der Waals surface area contributed by atoms with Crippen molar-refractivity contribution in [3.63, 3.8) is 0 Å². The molecular formula is C49H90O6. The first-order valence-corrected chi connectivity index (χ1v) is 23.8. The summed E-state index contributed by atoms with van der Waals surface area (Å²) in [5.41, 5.74) is 0. The highest BCUT2D eigenvalue weighted by Gasteiger charge is 2.19. The van der Waals surface area contributed by atoms with E-state index in [0.717, 1.165) is 70.6 Å². The summed E-state index contributed by atoms with van der Waals surface area (Å²) in [5.74, 6) is -0.886. The van der Waals surface area contributed by atoms with Gasteiger partial charge in [-0.05, 0) is 64.2 Å². The molecule has 0 bridgehead atoms. The van der Waals surface area contributed by atoms with E-state index in [1.807, 2.05) is 0 Å². The van der Waals surface area contributed by atoms with Gasteiger partial charge in [0, 0.05) is 19.3 Å². The van der Waals surface area contributed by atoms with E-state index in [1.165, 1.54) is 141 Å². The van der Waals surface area contributed by atoms with Crippen LogP contribution < -0.4 is 0 Å². The Balaban J connectivity index is 4.37. The van der Waals surface area contributed by atoms with Gasteiger partial charge in [0.25, 0.3) is 0 Å². The molecule has 0 amide bonds. The minimum absolute atomic E-state index is 0.0741. The summed E-state index contributed by atoms with van der Waals surface area (Å²) in [7, 11) is 0. The number of hydrogen-bond acceptors (Lipinski definition) is 6. The molecular weight excluding hydrogens is 685 g/mol. The third kappa shape index (κ3) is 42.9. The molecule has 0 saturated heterocycles. The lowest BCUT2D eigenvalue weighted by molar-refractivity contribution is -0.167. The van der Waals surface area contributed by atoms with E-state index in [2.05, 4.69) is 45.1 Å². The normalized spacial score (nSPS) is 12.1. The smallest absolute Gasteiger partial charge is 0.306 e. The van der Waals surface area contributed by atoms with Crippen molar-refractivity contribution in [1.29, 1.82) is 0 Å². The minimum Gasteiger partial charge on any atom is -0.462 e. The fourth-order valence-corrected chi connectivity index (χ4v) is 6.77. The van der Waals surface area contributed by atoms with Crippen LogP contribution in [0.25, 0.3) is 0 Å². The summed E-state index contributed by atoms with van der Waals surface area (Å²) in [6.07, 6.45) is 48.7. The van der Waals surface area contributed by atoms with Crippen LogP contribution in [0.2, 0.25) is 0 Å². The van der Waals surface area contributed by atoms with Gasteiger partial charge < -0.3 is 14.2 Å². The maximum Gasteiger partial charge on any atom is 0.306 e. The van der Waals surface area contributed by atoms with Crippen molar-refractivity contribution >= 4 is 17.9 Å². The van der Waals surface area contributed by atoms with Gasteiger partial charge in [-0.15, -0.1) is 0 Å². The lowest BCUT2D eigenvalue weighted by Gasteiger charge is -2.18. The van der Waals surface area contributed by atoms with E-state index in [1.54, 1.807) is 0 Å². The Kier molecular flexibility index (Phi) is 42.9. The Morgan fingerprint density at radius 2 is 0.618 bits per heavy atom. The Morgan fingerprint density at radius 3 is 0.982 bits per heavy atom. The average Bonchev–Trinajstić information content (AvgIpc) is 3.18. The molecule has 0 aliphatic rings. The van der Waals surface area contributed by atoms with Gasteiger partial charge in [-0.2, -0.15) is 0 Å². The lowest BCUT2D eigenvalue weighted by atomic mass is 10.0. The standard InChI is InChI=1S/C49H90O6/c1-4-7-10-13-16-19-22-24-27-30-33-36-39-42-48(51)54-45-46(44-53-47(50)41-38-35-32-29-26-21-18-15-12-9-6-3)55-49(52)43-40-37-34-31-28-25-23-20-17-14-11-8-5-2/h15,18,20,23,46H,4-14,16-17,19,21-22,24-45H2,1-3H3/b18-15-,23-20-/t46-/m1/s1. The topological polar surface area (TPSA) is 78.9 Å². The number of carbonyl (C=O) groups excluding carboxylic acids is 3. The van der Waals surface area contributed by atoms with Crippen LogP contribution in [0.1, 0.15) is 252 Å². The van der Waals surface area contributed by atoms with Crippen molar-refractivity contribution in [2.75, 3.05) is 13.2 Å². The maximum atomic E-state index is 12.7. The van der Waals surface area contributed by atoms with Gasteiger partial charge in [-0.25, -0.2) is 0 Å². The highest BCUT2D eigenvalue weighted by atomic mass is 16.6. The van der Waals surface area contributed by atoms with Crippen molar-refractivity contribution < 1.29 is 28.6 Å². The number of esters is 3. The summed E-state index contributed by atoms with van der Waals surface area (Å²) < 4.78 is 16.7. The lowest BCUT2D eigenvalue weighted by Crippen LogP contribution is -2.30. The molecule has 55 heavy (non-hydrogen) atoms. The number of rotatable bonds is 43. The van der Waals surface area contributed by atoms with Gasteiger partial charge in [0.2, 0.25) is 0 Å². The van der Waals surface area contributed by atoms with Crippen LogP contribution in [-0.2, 0) is 28.6 Å². The molecule has 0 radical (unpaired) electrons. The van der Waals surface area contributed by atoms with Crippen molar-refractivity contribution in [1.82, 2.24) is 0 Å². The van der Waals surface area contributed by atoms with Crippen molar-refractivity contribution in [3.8, 4) is 0 Å². The summed E-state index contributed by atoms with van der Waals surface area (Å²) in [6.45, 7) is 6.58. The molecule has 0 aromatic heterocycles. The number of allylic oxidation sites excluding steroid dienone is 4. The second-order valence-corrected chi connectivity index (χ2v) is 16.0. The van der Waals surface area contributed by atoms with Crippen LogP contribution in [0.4, 0.5) is 0 Å². The number of hydrogen-bond donors (Lipinski definition) is 0. The highest BCUT2D eigenvalue weighted by molar-refractivity contribution is 5.71. The van der Waals surface area contributed by atoms with Gasteiger partial charge in [0.15, 0.2) is 6.10 Å². The van der Waals surface area contributed by atoms with Crippen LogP contribution >= 0.6 is 0 Å². The van der Waals surface area contributed by atoms with E-state index in [-0.39, 0.29) is 31.1 Å². The summed E-state index contributed by atoms with van der Waals surface area (Å²) >= 11 is 0. The summed E-state index contributed by atoms with van der Waals surface area (Å²) in [6, 6.07) is 0. The third-order valence-corrected chi connectivity index (χ3v) is 10.4. The second kappa shape index (κ2) is 44.6. The zero-order valence-corrected chi connectivity index (χ0v) is 36.7. The van der Waals surface area contributed by atoms with Gasteiger partial charge in [-0.3, -0.25) is 14.4 Å². The SMILES string of the molecule is CCCC/C=C\CCCCCCCC(=O)OC[C@H](COC(=O)CCCCCCCCCCCCCCC)OC(=O)CCCCCCC/C=C\CCCCCC. The third-order valence-electron chi connectivity index (χ3n) is 10.4. The number of carbonyl (C=O) groups is 3. The molecule has 0 rings (SSSR count). The van der Waals surface area contributed by atoms with Gasteiger partial charge in [0.1, 0.15) is 13.2 Å². The molecule has 0 spiro atoms. The Morgan fingerprint density at radius 1 is 0.345 bits per heavy atom. The molecule has 1 atom stereocenters. The van der Waals surface area contributed by atoms with Gasteiger partial charge in [-0.1, -0.05) is 193 Å². The molecule has 0 aliphatic carbocycles. The molecule has 0 aromatic carbocycles. The van der Waals surface area contributed by atoms with Crippen LogP contribution in [0.15, 0.2) is 24.3 Å². The zero-order valence-electron chi connectivity index (χ0n) is 36.7. The zero-order chi connectivity index (χ0) is 40.1. The molecule has 0 aliphatic heterocycles. The predicted molar refractivity (Wildman–Crippen MR) is 233 cm³/mol. The molecule has 6 heteroatoms. The van der Waals surface area contributed by atoms with E-state index in [4.69, 9.17) is 14.2 Å². The first kappa shape index (κ1) is 52.9. The molecule has 322 valence electrons. The average molecular weight is 775 g/mol. The monoisotopic (exact) mass is 775 g/mol. The Hall–Kier alpha value is -2.11. The molecule has 0 N–H and O–H groups in total. The Labute approximate surface area is 341 Å². The summed E-state index contributed by atoms with van der Waals surface area (Å²) in [4.78, 5) is 37.8. The molecule has 0 aromatic rings. The second-order valence-electron chi connectivity index (χ2n) is 16.0. The van der Waals surface area contributed by atoms with Crippen LogP contribution in [0.5, 0.6) is 0 Å². The highest BCUT2D eigenvalue weighted by Crippen LogP contribution is 2.15. The van der Waals surface area contributed by atoms with Gasteiger partial charge >= 0.3 is 17.9 Å². The maximum absolute atomic E-state index is 12.7. The Bertz CT molecular complexity index is 896. The van der Waals surface area contributed by atoms with Gasteiger partial charge in [0.05, 0.1) is 0 Å². The van der Waals surface area contributed by atoms with Crippen LogP contribution in [-0.4, -0.2) is 37.2 Å². The molecule has 0 saturated carbocycles. The predicted octanol–water partition coefficient (Wildman–Crippen LogP) is 15.2. The minimum atomic E-state index is -0.772. The van der Waals surface area contributed by atoms with Crippen LogP contribution in [0.3, 0.4) is 0 Å². The first-order valence-electron chi connectivity index (χ1n) is 23.8. The van der Waals surface area contributed by atoms with E-state index in [0.29, 0.717) is 19.3 Å².